The van der Waals surface area contributed by atoms with Gasteiger partial charge in [-0.05, 0) is 12.1 Å². The predicted molar refractivity (Wildman–Crippen MR) is 69.0 cm³/mol. The number of nitrogens with zero attached hydrogens (tertiary/aromatic N) is 1. The Bertz CT molecular complexity index is 584. The van der Waals surface area contributed by atoms with Gasteiger partial charge in [0.2, 0.25) is 0 Å². The summed E-state index contributed by atoms with van der Waals surface area (Å²) >= 11 is 0. The van der Waals surface area contributed by atoms with E-state index in [1.807, 2.05) is 6.07 Å². The van der Waals surface area contributed by atoms with E-state index in [4.69, 9.17) is 5.26 Å². The van der Waals surface area contributed by atoms with Gasteiger partial charge in [-0.2, -0.15) is 5.26 Å². The van der Waals surface area contributed by atoms with Crippen LogP contribution in [0.15, 0.2) is 18.2 Å². The topological polar surface area (TPSA) is 79.2 Å². The van der Waals surface area contributed by atoms with Crippen LogP contribution >= 0.6 is 0 Å². The number of nitrogens with one attached hydrogen (secondary N) is 1. The van der Waals surface area contributed by atoms with Gasteiger partial charge in [0.25, 0.3) is 5.91 Å². The van der Waals surface area contributed by atoms with Crippen LogP contribution in [-0.2, 0) is 9.53 Å². The molecule has 7 heteroatoms. The second-order valence-electron chi connectivity index (χ2n) is 4.44. The number of methoxy groups -OCH3 is 1. The number of esters is 1. The molecule has 0 fully saturated rings. The highest BCUT2D eigenvalue weighted by molar-refractivity contribution is 5.97. The van der Waals surface area contributed by atoms with Crippen LogP contribution in [0.4, 0.5) is 8.78 Å². The SMILES string of the molecule is COC(=O)[C@H](NC(=O)c1ccc(F)cc1F)[C@@H](C)CC#N. The Morgan fingerprint density at radius 3 is 2.62 bits per heavy atom. The van der Waals surface area contributed by atoms with Gasteiger partial charge >= 0.3 is 5.97 Å². The highest BCUT2D eigenvalue weighted by Crippen LogP contribution is 2.13. The number of carbonyl (C=O) groups excluding carboxylic acids is 2. The zero-order valence-corrected chi connectivity index (χ0v) is 11.5. The number of rotatable bonds is 5. The van der Waals surface area contributed by atoms with Gasteiger partial charge in [-0.1, -0.05) is 6.92 Å². The minimum atomic E-state index is -1.09. The lowest BCUT2D eigenvalue weighted by atomic mass is 9.98. The van der Waals surface area contributed by atoms with Gasteiger partial charge in [0.15, 0.2) is 0 Å². The minimum absolute atomic E-state index is 0.00590. The summed E-state index contributed by atoms with van der Waals surface area (Å²) in [5.74, 6) is -3.99. The molecular weight excluding hydrogens is 282 g/mol. The van der Waals surface area contributed by atoms with E-state index in [0.29, 0.717) is 6.07 Å². The first-order valence-corrected chi connectivity index (χ1v) is 6.11. The van der Waals surface area contributed by atoms with Gasteiger partial charge in [-0.25, -0.2) is 13.6 Å². The molecule has 0 heterocycles. The molecule has 112 valence electrons. The number of halogens is 2. The number of ether oxygens (including phenoxy) is 1. The van der Waals surface area contributed by atoms with Gasteiger partial charge in [0.1, 0.15) is 17.7 Å². The van der Waals surface area contributed by atoms with Crippen LogP contribution in [0.2, 0.25) is 0 Å². The Kier molecular flexibility index (Phi) is 5.79. The van der Waals surface area contributed by atoms with Gasteiger partial charge in [-0.3, -0.25) is 4.79 Å². The number of hydrogen-bond acceptors (Lipinski definition) is 4. The third kappa shape index (κ3) is 4.24. The van der Waals surface area contributed by atoms with Crippen molar-refractivity contribution in [2.24, 2.45) is 5.92 Å². The van der Waals surface area contributed by atoms with Crippen molar-refractivity contribution in [2.45, 2.75) is 19.4 Å². The number of carbonyl (C=O) groups is 2. The van der Waals surface area contributed by atoms with Crippen molar-refractivity contribution in [1.82, 2.24) is 5.32 Å². The summed E-state index contributed by atoms with van der Waals surface area (Å²) in [6.45, 7) is 1.58. The molecule has 21 heavy (non-hydrogen) atoms. The van der Waals surface area contributed by atoms with E-state index in [1.54, 1.807) is 6.92 Å². The Morgan fingerprint density at radius 1 is 1.43 bits per heavy atom. The molecule has 0 saturated heterocycles. The molecule has 1 N–H and O–H groups in total. The fraction of sp³-hybridized carbons (Fsp3) is 0.357. The molecule has 0 aromatic heterocycles. The molecule has 0 spiro atoms. The number of benzene rings is 1. The van der Waals surface area contributed by atoms with Gasteiger partial charge in [-0.15, -0.1) is 0 Å². The lowest BCUT2D eigenvalue weighted by Crippen LogP contribution is -2.46. The summed E-state index contributed by atoms with van der Waals surface area (Å²) in [7, 11) is 1.14. The van der Waals surface area contributed by atoms with Gasteiger partial charge in [0.05, 0.1) is 18.7 Å². The summed E-state index contributed by atoms with van der Waals surface area (Å²) in [6, 6.07) is 3.26. The second-order valence-corrected chi connectivity index (χ2v) is 4.44. The highest BCUT2D eigenvalue weighted by Gasteiger charge is 2.28. The normalized spacial score (nSPS) is 12.9. The molecule has 0 aliphatic carbocycles. The molecule has 1 aromatic rings. The number of amides is 1. The lowest BCUT2D eigenvalue weighted by Gasteiger charge is -2.21. The summed E-state index contributed by atoms with van der Waals surface area (Å²) < 4.78 is 30.9. The molecule has 0 unspecified atom stereocenters. The van der Waals surface area contributed by atoms with Crippen molar-refractivity contribution in [1.29, 1.82) is 5.26 Å². The Morgan fingerprint density at radius 2 is 2.10 bits per heavy atom. The predicted octanol–water partition coefficient (Wildman–Crippen LogP) is 1.79. The van der Waals surface area contributed by atoms with Crippen LogP contribution in [0, 0.1) is 28.9 Å². The zero-order valence-electron chi connectivity index (χ0n) is 11.5. The van der Waals surface area contributed by atoms with Crippen LogP contribution in [0.1, 0.15) is 23.7 Å². The van der Waals surface area contributed by atoms with Crippen LogP contribution < -0.4 is 5.32 Å². The van der Waals surface area contributed by atoms with E-state index in [1.165, 1.54) is 0 Å². The fourth-order valence-electron chi connectivity index (χ4n) is 1.71. The maximum atomic E-state index is 13.5. The summed E-state index contributed by atoms with van der Waals surface area (Å²) in [5, 5.41) is 11.0. The van der Waals surface area contributed by atoms with Gasteiger partial charge < -0.3 is 10.1 Å². The van der Waals surface area contributed by atoms with Crippen LogP contribution in [0.25, 0.3) is 0 Å². The molecule has 1 aromatic carbocycles. The standard InChI is InChI=1S/C14H14F2N2O3/c1-8(5-6-17)12(14(20)21-2)18-13(19)10-4-3-9(15)7-11(10)16/h3-4,7-8,12H,5H2,1-2H3,(H,18,19)/t8-,12+/m0/s1. The van der Waals surface area contributed by atoms with E-state index in [2.05, 4.69) is 10.1 Å². The first-order chi connectivity index (χ1) is 9.90. The van der Waals surface area contributed by atoms with Crippen molar-refractivity contribution >= 4 is 11.9 Å². The Balaban J connectivity index is 2.95. The molecule has 0 radical (unpaired) electrons. The third-order valence-electron chi connectivity index (χ3n) is 2.90. The van der Waals surface area contributed by atoms with E-state index in [9.17, 15) is 18.4 Å². The summed E-state index contributed by atoms with van der Waals surface area (Å²) in [5.41, 5.74) is -0.394. The van der Waals surface area contributed by atoms with Crippen LogP contribution in [0.3, 0.4) is 0 Å². The maximum Gasteiger partial charge on any atom is 0.328 e. The van der Waals surface area contributed by atoms with Crippen LogP contribution in [-0.4, -0.2) is 25.0 Å². The van der Waals surface area contributed by atoms with E-state index >= 15 is 0 Å². The van der Waals surface area contributed by atoms with Crippen molar-refractivity contribution in [2.75, 3.05) is 7.11 Å². The maximum absolute atomic E-state index is 13.5. The van der Waals surface area contributed by atoms with Gasteiger partial charge in [0, 0.05) is 18.4 Å². The monoisotopic (exact) mass is 296 g/mol. The lowest BCUT2D eigenvalue weighted by molar-refractivity contribution is -0.144. The minimum Gasteiger partial charge on any atom is -0.467 e. The van der Waals surface area contributed by atoms with Crippen molar-refractivity contribution in [3.05, 3.63) is 35.4 Å². The third-order valence-corrected chi connectivity index (χ3v) is 2.90. The first-order valence-electron chi connectivity index (χ1n) is 6.11. The molecule has 0 aliphatic heterocycles. The van der Waals surface area contributed by atoms with Crippen molar-refractivity contribution in [3.63, 3.8) is 0 Å². The summed E-state index contributed by atoms with van der Waals surface area (Å²) in [6.07, 6.45) is 0.00590. The average Bonchev–Trinajstić information content (AvgIpc) is 2.43. The summed E-state index contributed by atoms with van der Waals surface area (Å²) in [4.78, 5) is 23.6. The smallest absolute Gasteiger partial charge is 0.328 e. The van der Waals surface area contributed by atoms with Crippen LogP contribution in [0.5, 0.6) is 0 Å². The molecule has 2 atom stereocenters. The Hall–Kier alpha value is -2.49. The molecule has 5 nitrogen and oxygen atoms in total. The number of hydrogen-bond donors (Lipinski definition) is 1. The largest absolute Gasteiger partial charge is 0.467 e. The molecule has 0 bridgehead atoms. The molecule has 1 rings (SSSR count). The first kappa shape index (κ1) is 16.6. The number of nitriles is 1. The Labute approximate surface area is 120 Å². The average molecular weight is 296 g/mol. The molecule has 1 amide bonds. The molecule has 0 aliphatic rings. The van der Waals surface area contributed by atoms with Crippen molar-refractivity contribution in [3.8, 4) is 6.07 Å². The van der Waals surface area contributed by atoms with E-state index in [0.717, 1.165) is 19.2 Å². The second kappa shape index (κ2) is 7.33. The molecule has 0 saturated carbocycles. The zero-order chi connectivity index (χ0) is 16.0. The van der Waals surface area contributed by atoms with E-state index < -0.39 is 41.0 Å². The fourth-order valence-corrected chi connectivity index (χ4v) is 1.71. The highest BCUT2D eigenvalue weighted by atomic mass is 19.1. The van der Waals surface area contributed by atoms with E-state index in [-0.39, 0.29) is 6.42 Å². The quantitative estimate of drug-likeness (QED) is 0.840. The molecular formula is C14H14F2N2O3. The van der Waals surface area contributed by atoms with Crippen molar-refractivity contribution < 1.29 is 23.1 Å².